The lowest BCUT2D eigenvalue weighted by Gasteiger charge is -2.38. The summed E-state index contributed by atoms with van der Waals surface area (Å²) in [5.41, 5.74) is 16.1. The first kappa shape index (κ1) is 36.0. The van der Waals surface area contributed by atoms with Crippen LogP contribution in [0.2, 0.25) is 0 Å². The number of anilines is 1. The lowest BCUT2D eigenvalue weighted by atomic mass is 9.80. The molecule has 3 heteroatoms. The highest BCUT2D eigenvalue weighted by Gasteiger charge is 2.42. The van der Waals surface area contributed by atoms with Gasteiger partial charge in [0.2, 0.25) is 0 Å². The Balaban J connectivity index is 1.01. The maximum Gasteiger partial charge on any atom is 0.160 e. The fourth-order valence-electron chi connectivity index (χ4n) is 11.1. The van der Waals surface area contributed by atoms with Crippen molar-refractivity contribution in [2.24, 2.45) is 0 Å². The van der Waals surface area contributed by atoms with Gasteiger partial charge >= 0.3 is 0 Å². The monoisotopic (exact) mass is 785 g/mol. The van der Waals surface area contributed by atoms with Gasteiger partial charge < -0.3 is 4.90 Å². The third-order valence-electron chi connectivity index (χ3n) is 13.9. The van der Waals surface area contributed by atoms with Crippen LogP contribution in [0.3, 0.4) is 0 Å². The van der Waals surface area contributed by atoms with Crippen molar-refractivity contribution in [1.29, 1.82) is 0 Å². The molecule has 3 aliphatic carbocycles. The molecular weight excluding hydrogens is 739 g/mol. The first-order chi connectivity index (χ1) is 30.2. The summed E-state index contributed by atoms with van der Waals surface area (Å²) in [5.74, 6) is 1.30. The molecule has 1 aliphatic heterocycles. The van der Waals surface area contributed by atoms with E-state index in [1.165, 1.54) is 91.9 Å². The first-order valence-corrected chi connectivity index (χ1v) is 22.3. The first-order valence-electron chi connectivity index (χ1n) is 22.3. The number of aryl methyl sites for hydroxylation is 1. The zero-order chi connectivity index (χ0) is 40.3. The van der Waals surface area contributed by atoms with Crippen LogP contribution in [0.1, 0.15) is 66.7 Å². The predicted octanol–water partition coefficient (Wildman–Crippen LogP) is 14.7. The molecule has 3 atom stereocenters. The molecule has 3 nitrogen and oxygen atoms in total. The highest BCUT2D eigenvalue weighted by atomic mass is 15.2. The van der Waals surface area contributed by atoms with Crippen molar-refractivity contribution in [3.8, 4) is 45.0 Å². The topological polar surface area (TPSA) is 29.0 Å². The van der Waals surface area contributed by atoms with Crippen molar-refractivity contribution in [2.75, 3.05) is 4.90 Å². The number of nitrogens with zero attached hydrogens (tertiary/aromatic N) is 3. The van der Waals surface area contributed by atoms with Crippen LogP contribution in [0, 0.1) is 0 Å². The molecule has 0 bridgehead atoms. The second-order valence-electron chi connectivity index (χ2n) is 17.3. The van der Waals surface area contributed by atoms with E-state index in [1.807, 2.05) is 6.07 Å². The number of hydrogen-bond donors (Lipinski definition) is 0. The van der Waals surface area contributed by atoms with Crippen LogP contribution in [0.4, 0.5) is 5.69 Å². The van der Waals surface area contributed by atoms with E-state index in [1.54, 1.807) is 0 Å². The van der Waals surface area contributed by atoms with Crippen LogP contribution < -0.4 is 4.90 Å². The minimum absolute atomic E-state index is 0.370. The Hall–Kier alpha value is -6.84. The molecule has 4 aliphatic rings. The minimum Gasteiger partial charge on any atom is -0.361 e. The van der Waals surface area contributed by atoms with Crippen LogP contribution in [-0.4, -0.2) is 22.1 Å². The van der Waals surface area contributed by atoms with Crippen molar-refractivity contribution in [2.45, 2.75) is 62.9 Å². The van der Waals surface area contributed by atoms with Gasteiger partial charge in [-0.15, -0.1) is 0 Å². The van der Waals surface area contributed by atoms with Crippen LogP contribution >= 0.6 is 0 Å². The van der Waals surface area contributed by atoms with E-state index >= 15 is 0 Å². The SMILES string of the molecule is C1=Cc2c(c3ccc(-c4cc(-c5ccccc5)nc(-c5ccccc5)n4)cc3c3c(-c4ccc5c(c4)C4CCCCC4N5C4C=CC(c5ccccc5)=CC4)cccc23)CC1. The van der Waals surface area contributed by atoms with E-state index < -0.39 is 0 Å². The third kappa shape index (κ3) is 6.25. The fraction of sp³-hybridized carbons (Fsp3) is 0.172. The van der Waals surface area contributed by atoms with Gasteiger partial charge in [0.25, 0.3) is 0 Å². The standard InChI is InChI=1S/C58H47N3/c1-4-15-38(16-5-1)39-27-31-44(32-28-39)61-55-26-13-12-23-49(55)51-35-42(30-34-56(51)61)45-24-14-25-50-47-22-11-10-21-46(47)48-33-29-43(36-52(48)57(45)50)54-37-53(40-17-6-2-7-18-40)59-58(60-54)41-19-8-3-9-20-41/h1-9,11,14-20,22,24-25,27-31,33-37,44,49,55H,10,12-13,21,23,26,32H2. The van der Waals surface area contributed by atoms with Gasteiger partial charge in [-0.25, -0.2) is 9.97 Å². The average Bonchev–Trinajstić information content (AvgIpc) is 3.68. The quantitative estimate of drug-likeness (QED) is 0.157. The normalized spacial score (nSPS) is 19.1. The molecule has 0 radical (unpaired) electrons. The van der Waals surface area contributed by atoms with E-state index in [4.69, 9.17) is 9.97 Å². The van der Waals surface area contributed by atoms with Gasteiger partial charge in [-0.2, -0.15) is 0 Å². The summed E-state index contributed by atoms with van der Waals surface area (Å²) >= 11 is 0. The van der Waals surface area contributed by atoms with Gasteiger partial charge in [-0.05, 0) is 117 Å². The molecule has 0 amide bonds. The van der Waals surface area contributed by atoms with Crippen LogP contribution in [0.15, 0.2) is 176 Å². The molecule has 1 saturated carbocycles. The van der Waals surface area contributed by atoms with Crippen molar-refractivity contribution in [1.82, 2.24) is 9.97 Å². The van der Waals surface area contributed by atoms with Crippen LogP contribution in [-0.2, 0) is 6.42 Å². The van der Waals surface area contributed by atoms with E-state index in [9.17, 15) is 0 Å². The lowest BCUT2D eigenvalue weighted by molar-refractivity contribution is 0.376. The highest BCUT2D eigenvalue weighted by molar-refractivity contribution is 6.19. The van der Waals surface area contributed by atoms with Gasteiger partial charge in [0, 0.05) is 34.3 Å². The molecule has 8 aromatic rings. The second kappa shape index (κ2) is 15.0. The molecule has 7 aromatic carbocycles. The molecule has 3 unspecified atom stereocenters. The van der Waals surface area contributed by atoms with E-state index in [2.05, 4.69) is 181 Å². The molecule has 61 heavy (non-hydrogen) atoms. The summed E-state index contributed by atoms with van der Waals surface area (Å²) in [6.45, 7) is 0. The summed E-state index contributed by atoms with van der Waals surface area (Å²) < 4.78 is 0. The zero-order valence-corrected chi connectivity index (χ0v) is 34.3. The molecular formula is C58H47N3. The Morgan fingerprint density at radius 3 is 2.08 bits per heavy atom. The number of aromatic nitrogens is 2. The Morgan fingerprint density at radius 2 is 1.30 bits per heavy atom. The highest BCUT2D eigenvalue weighted by Crippen LogP contribution is 2.52. The molecule has 0 saturated heterocycles. The van der Waals surface area contributed by atoms with Crippen molar-refractivity contribution in [3.05, 3.63) is 198 Å². The summed E-state index contributed by atoms with van der Waals surface area (Å²) in [7, 11) is 0. The molecule has 2 heterocycles. The van der Waals surface area contributed by atoms with Crippen molar-refractivity contribution < 1.29 is 0 Å². The van der Waals surface area contributed by atoms with E-state index in [0.717, 1.165) is 53.2 Å². The Morgan fingerprint density at radius 1 is 0.557 bits per heavy atom. The Bertz CT molecular complexity index is 3010. The molecule has 12 rings (SSSR count). The lowest BCUT2D eigenvalue weighted by Crippen LogP contribution is -2.42. The molecule has 1 fully saturated rings. The third-order valence-corrected chi connectivity index (χ3v) is 13.9. The van der Waals surface area contributed by atoms with Gasteiger partial charge in [0.05, 0.1) is 17.4 Å². The number of rotatable bonds is 6. The minimum atomic E-state index is 0.370. The second-order valence-corrected chi connectivity index (χ2v) is 17.3. The van der Waals surface area contributed by atoms with Gasteiger partial charge in [0.1, 0.15) is 0 Å². The van der Waals surface area contributed by atoms with Crippen molar-refractivity contribution in [3.63, 3.8) is 0 Å². The van der Waals surface area contributed by atoms with Crippen molar-refractivity contribution >= 4 is 38.9 Å². The number of allylic oxidation sites excluding steroid dienone is 3. The van der Waals surface area contributed by atoms with E-state index in [-0.39, 0.29) is 0 Å². The van der Waals surface area contributed by atoms with Gasteiger partial charge in [-0.1, -0.05) is 171 Å². The zero-order valence-electron chi connectivity index (χ0n) is 34.3. The molecule has 1 aromatic heterocycles. The van der Waals surface area contributed by atoms with Gasteiger partial charge in [0.15, 0.2) is 5.82 Å². The number of fused-ring (bicyclic) bond motifs is 9. The summed E-state index contributed by atoms with van der Waals surface area (Å²) in [5, 5.41) is 5.30. The predicted molar refractivity (Wildman–Crippen MR) is 256 cm³/mol. The van der Waals surface area contributed by atoms with Gasteiger partial charge in [-0.3, -0.25) is 0 Å². The number of benzene rings is 7. The Kier molecular flexibility index (Phi) is 8.87. The number of hydrogen-bond acceptors (Lipinski definition) is 3. The molecule has 294 valence electrons. The average molecular weight is 786 g/mol. The molecule has 0 N–H and O–H groups in total. The molecule has 0 spiro atoms. The Labute approximate surface area is 358 Å². The summed E-state index contributed by atoms with van der Waals surface area (Å²) in [4.78, 5) is 13.2. The smallest absolute Gasteiger partial charge is 0.160 e. The maximum absolute atomic E-state index is 5.26. The van der Waals surface area contributed by atoms with Crippen LogP contribution in [0.25, 0.3) is 78.2 Å². The summed E-state index contributed by atoms with van der Waals surface area (Å²) in [6.07, 6.45) is 20.3. The largest absolute Gasteiger partial charge is 0.361 e. The van der Waals surface area contributed by atoms with E-state index in [0.29, 0.717) is 18.0 Å². The van der Waals surface area contributed by atoms with Crippen LogP contribution in [0.5, 0.6) is 0 Å². The maximum atomic E-state index is 5.26. The summed E-state index contributed by atoms with van der Waals surface area (Å²) in [6, 6.07) is 56.3. The fourth-order valence-corrected chi connectivity index (χ4v) is 11.1.